The third-order valence-corrected chi connectivity index (χ3v) is 6.48. The number of H-pyrrole nitrogens is 1. The van der Waals surface area contributed by atoms with Gasteiger partial charge in [-0.1, -0.05) is 18.2 Å². The van der Waals surface area contributed by atoms with E-state index in [1.807, 2.05) is 12.1 Å². The molecule has 0 saturated heterocycles. The number of nitrogens with one attached hydrogen (secondary N) is 2. The Morgan fingerprint density at radius 1 is 1.20 bits per heavy atom. The van der Waals surface area contributed by atoms with Crippen molar-refractivity contribution in [1.82, 2.24) is 15.5 Å². The SMILES string of the molecule is NCCSc1ccc(-c2cccc3[nH]c(CN)nc23)c(/C(N)=N/NN)c1S(N)(=O)=O. The Morgan fingerprint density at radius 3 is 2.60 bits per heavy atom. The number of hydrogen-bond donors (Lipinski definition) is 7. The summed E-state index contributed by atoms with van der Waals surface area (Å²) in [5.41, 5.74) is 22.1. The molecule has 0 aliphatic rings. The molecule has 0 spiro atoms. The molecule has 30 heavy (non-hydrogen) atoms. The lowest BCUT2D eigenvalue weighted by Crippen LogP contribution is -2.27. The number of hydrazine groups is 1. The van der Waals surface area contributed by atoms with Crippen LogP contribution in [0.4, 0.5) is 0 Å². The summed E-state index contributed by atoms with van der Waals surface area (Å²) in [5, 5.41) is 9.37. The van der Waals surface area contributed by atoms with Crippen LogP contribution >= 0.6 is 11.8 Å². The van der Waals surface area contributed by atoms with Crippen LogP contribution in [0, 0.1) is 0 Å². The molecule has 2 aromatic carbocycles. The van der Waals surface area contributed by atoms with Crippen molar-refractivity contribution in [2.24, 2.45) is 33.3 Å². The van der Waals surface area contributed by atoms with Gasteiger partial charge >= 0.3 is 0 Å². The number of para-hydroxylation sites is 1. The van der Waals surface area contributed by atoms with E-state index in [1.54, 1.807) is 18.2 Å². The molecule has 13 heteroatoms. The Balaban J connectivity index is 2.41. The van der Waals surface area contributed by atoms with E-state index in [0.717, 1.165) is 5.52 Å². The lowest BCUT2D eigenvalue weighted by molar-refractivity contribution is 0.595. The van der Waals surface area contributed by atoms with Crippen LogP contribution in [0.2, 0.25) is 0 Å². The highest BCUT2D eigenvalue weighted by molar-refractivity contribution is 8.00. The van der Waals surface area contributed by atoms with E-state index in [2.05, 4.69) is 20.6 Å². The number of hydrogen-bond acceptors (Lipinski definition) is 9. The first-order valence-electron chi connectivity index (χ1n) is 8.81. The molecule has 0 fully saturated rings. The number of amidine groups is 1. The number of fused-ring (bicyclic) bond motifs is 1. The van der Waals surface area contributed by atoms with Crippen LogP contribution < -0.4 is 33.7 Å². The Morgan fingerprint density at radius 2 is 1.97 bits per heavy atom. The molecule has 3 aromatic rings. The summed E-state index contributed by atoms with van der Waals surface area (Å²) in [7, 11) is -4.18. The second kappa shape index (κ2) is 8.99. The molecule has 0 saturated carbocycles. The molecule has 11 nitrogen and oxygen atoms in total. The average Bonchev–Trinajstić information content (AvgIpc) is 3.14. The smallest absolute Gasteiger partial charge is 0.239 e. The molecule has 160 valence electrons. The number of primary sulfonamides is 1. The lowest BCUT2D eigenvalue weighted by atomic mass is 9.97. The van der Waals surface area contributed by atoms with E-state index >= 15 is 0 Å². The summed E-state index contributed by atoms with van der Waals surface area (Å²) in [4.78, 5) is 7.90. The van der Waals surface area contributed by atoms with Crippen molar-refractivity contribution in [3.05, 3.63) is 41.7 Å². The first-order valence-corrected chi connectivity index (χ1v) is 11.3. The van der Waals surface area contributed by atoms with Gasteiger partial charge in [-0.05, 0) is 17.7 Å². The Bertz CT molecular complexity index is 1210. The van der Waals surface area contributed by atoms with Crippen LogP contribution in [-0.4, -0.2) is 36.5 Å². The molecule has 0 aliphatic heterocycles. The van der Waals surface area contributed by atoms with Gasteiger partial charge in [-0.15, -0.1) is 16.9 Å². The monoisotopic (exact) mass is 449 g/mol. The van der Waals surface area contributed by atoms with Crippen LogP contribution in [0.5, 0.6) is 0 Å². The zero-order chi connectivity index (χ0) is 21.9. The van der Waals surface area contributed by atoms with E-state index in [0.29, 0.717) is 39.7 Å². The number of imidazole rings is 1. The van der Waals surface area contributed by atoms with Gasteiger partial charge in [0.15, 0.2) is 5.84 Å². The van der Waals surface area contributed by atoms with Crippen LogP contribution in [0.25, 0.3) is 22.2 Å². The van der Waals surface area contributed by atoms with Gasteiger partial charge in [-0.3, -0.25) is 0 Å². The highest BCUT2D eigenvalue weighted by Gasteiger charge is 2.26. The van der Waals surface area contributed by atoms with Crippen molar-refractivity contribution in [3.63, 3.8) is 0 Å². The maximum atomic E-state index is 12.6. The fourth-order valence-electron chi connectivity index (χ4n) is 3.13. The third-order valence-electron chi connectivity index (χ3n) is 4.27. The van der Waals surface area contributed by atoms with Crippen molar-refractivity contribution in [1.29, 1.82) is 0 Å². The van der Waals surface area contributed by atoms with Gasteiger partial charge in [-0.2, -0.15) is 0 Å². The van der Waals surface area contributed by atoms with Crippen LogP contribution in [-0.2, 0) is 16.6 Å². The molecule has 1 heterocycles. The topological polar surface area (TPSA) is 217 Å². The number of rotatable bonds is 8. The number of sulfonamides is 1. The molecule has 0 bridgehead atoms. The summed E-state index contributed by atoms with van der Waals surface area (Å²) < 4.78 is 25.2. The predicted octanol–water partition coefficient (Wildman–Crippen LogP) is -0.530. The lowest BCUT2D eigenvalue weighted by Gasteiger charge is -2.17. The largest absolute Gasteiger partial charge is 0.382 e. The van der Waals surface area contributed by atoms with E-state index in [9.17, 15) is 8.42 Å². The number of benzene rings is 2. The minimum Gasteiger partial charge on any atom is -0.382 e. The van der Waals surface area contributed by atoms with Crippen LogP contribution in [0.1, 0.15) is 11.4 Å². The minimum absolute atomic E-state index is 0.127. The summed E-state index contributed by atoms with van der Waals surface area (Å²) in [6.45, 7) is 0.576. The van der Waals surface area contributed by atoms with Crippen molar-refractivity contribution in [2.45, 2.75) is 16.3 Å². The maximum Gasteiger partial charge on any atom is 0.239 e. The third kappa shape index (κ3) is 4.26. The van der Waals surface area contributed by atoms with E-state index < -0.39 is 10.0 Å². The summed E-state index contributed by atoms with van der Waals surface area (Å²) in [5.74, 6) is 6.23. The number of hydrazone groups is 1. The van der Waals surface area contributed by atoms with Crippen LogP contribution in [0.3, 0.4) is 0 Å². The standard InChI is InChI=1S/C17H23N9O2S2/c18-6-7-29-12-5-4-9(14(17(20)25-26-21)16(12)30(22,27)28)10-2-1-3-11-15(10)24-13(8-19)23-11/h1-5,26H,6-8,18-19,21H2,(H2,20,25)(H,23,24)(H2,22,27,28). The normalized spacial score (nSPS) is 12.5. The van der Waals surface area contributed by atoms with Crippen molar-refractivity contribution < 1.29 is 8.42 Å². The van der Waals surface area contributed by atoms with Gasteiger partial charge in [0.05, 0.1) is 17.6 Å². The zero-order valence-electron chi connectivity index (χ0n) is 15.9. The minimum atomic E-state index is -4.18. The van der Waals surface area contributed by atoms with Crippen molar-refractivity contribution >= 4 is 38.7 Å². The molecule has 0 unspecified atom stereocenters. The number of aromatic nitrogens is 2. The summed E-state index contributed by atoms with van der Waals surface area (Å²) in [6.07, 6.45) is 0. The fourth-order valence-corrected chi connectivity index (χ4v) is 5.24. The molecule has 3 rings (SSSR count). The van der Waals surface area contributed by atoms with Gasteiger partial charge in [0.2, 0.25) is 10.0 Å². The van der Waals surface area contributed by atoms with E-state index in [4.69, 9.17) is 28.2 Å². The first-order chi connectivity index (χ1) is 14.3. The molecule has 1 aromatic heterocycles. The average molecular weight is 450 g/mol. The predicted molar refractivity (Wildman–Crippen MR) is 119 cm³/mol. The molecule has 0 atom stereocenters. The number of nitrogens with zero attached hydrogens (tertiary/aromatic N) is 2. The number of aromatic amines is 1. The maximum absolute atomic E-state index is 12.6. The zero-order valence-corrected chi connectivity index (χ0v) is 17.6. The van der Waals surface area contributed by atoms with Gasteiger partial charge < -0.3 is 22.2 Å². The van der Waals surface area contributed by atoms with Gasteiger partial charge in [0.1, 0.15) is 10.7 Å². The molecular formula is C17H23N9O2S2. The van der Waals surface area contributed by atoms with Gasteiger partial charge in [0.25, 0.3) is 0 Å². The van der Waals surface area contributed by atoms with Crippen LogP contribution in [0.15, 0.2) is 45.2 Å². The quantitative estimate of drug-likeness (QED) is 0.0771. The Kier molecular flexibility index (Phi) is 6.60. The second-order valence-electron chi connectivity index (χ2n) is 6.21. The summed E-state index contributed by atoms with van der Waals surface area (Å²) >= 11 is 1.25. The van der Waals surface area contributed by atoms with E-state index in [-0.39, 0.29) is 22.8 Å². The summed E-state index contributed by atoms with van der Waals surface area (Å²) in [6, 6.07) is 8.85. The molecular weight excluding hydrogens is 426 g/mol. The molecule has 12 N–H and O–H groups in total. The molecule has 0 aliphatic carbocycles. The second-order valence-corrected chi connectivity index (χ2v) is 8.85. The first kappa shape index (κ1) is 22.0. The van der Waals surface area contributed by atoms with Gasteiger partial charge in [0, 0.05) is 28.3 Å². The highest BCUT2D eigenvalue weighted by atomic mass is 32.2. The highest BCUT2D eigenvalue weighted by Crippen LogP contribution is 2.37. The van der Waals surface area contributed by atoms with Gasteiger partial charge in [-0.25, -0.2) is 29.9 Å². The van der Waals surface area contributed by atoms with Crippen molar-refractivity contribution in [2.75, 3.05) is 12.3 Å². The number of nitrogens with two attached hydrogens (primary N) is 5. The molecule has 0 amide bonds. The Hall–Kier alpha value is -2.68. The number of thioether (sulfide) groups is 1. The Labute approximate surface area is 177 Å². The molecule has 0 radical (unpaired) electrons. The van der Waals surface area contributed by atoms with Crippen molar-refractivity contribution in [3.8, 4) is 11.1 Å². The van der Waals surface area contributed by atoms with E-state index in [1.165, 1.54) is 11.8 Å². The fraction of sp³-hybridized carbons (Fsp3) is 0.176.